The molecule has 0 atom stereocenters. The maximum absolute atomic E-state index is 13.7. The molecule has 0 saturated carbocycles. The van der Waals surface area contributed by atoms with Gasteiger partial charge in [-0.2, -0.15) is 77.6 Å². The summed E-state index contributed by atoms with van der Waals surface area (Å²) in [5, 5.41) is 56.2. The summed E-state index contributed by atoms with van der Waals surface area (Å²) in [7, 11) is -34.0. The maximum atomic E-state index is 13.7. The Kier molecular flexibility index (Phi) is 21.9. The lowest BCUT2D eigenvalue weighted by Crippen LogP contribution is -2.05. The molecule has 10 aromatic carbocycles. The van der Waals surface area contributed by atoms with Crippen LogP contribution < -0.4 is 11.5 Å². The van der Waals surface area contributed by atoms with E-state index >= 15 is 0 Å². The minimum absolute atomic E-state index is 0.00533. The lowest BCUT2D eigenvalue weighted by Gasteiger charge is -2.13. The van der Waals surface area contributed by atoms with Crippen molar-refractivity contribution in [2.24, 2.45) is 40.9 Å². The third-order valence-electron chi connectivity index (χ3n) is 15.6. The van der Waals surface area contributed by atoms with Crippen molar-refractivity contribution >= 4 is 193 Å². The van der Waals surface area contributed by atoms with Crippen LogP contribution in [0.25, 0.3) is 55.2 Å². The molecule has 0 amide bonds. The van der Waals surface area contributed by atoms with Gasteiger partial charge in [-0.25, -0.2) is 0 Å². The summed E-state index contributed by atoms with van der Waals surface area (Å²) in [6, 6.07) is 26.0. The first-order valence-electron chi connectivity index (χ1n) is 29.4. The highest BCUT2D eigenvalue weighted by atomic mass is 32.2. The van der Waals surface area contributed by atoms with Gasteiger partial charge in [-0.05, 0) is 130 Å². The van der Waals surface area contributed by atoms with Crippen LogP contribution in [0.1, 0.15) is 33.4 Å². The molecule has 10 rings (SSSR count). The van der Waals surface area contributed by atoms with Crippen LogP contribution in [0.4, 0.5) is 56.9 Å². The number of hydrogen-bond donors (Lipinski definition) is 8. The van der Waals surface area contributed by atoms with Crippen LogP contribution in [0.15, 0.2) is 194 Å². The molecule has 0 aliphatic rings. The second kappa shape index (κ2) is 29.7. The normalized spacial score (nSPS) is 13.4. The smallest absolute Gasteiger partial charge is 0.299 e. The van der Waals surface area contributed by atoms with Gasteiger partial charge in [0.1, 0.15) is 49.1 Å². The van der Waals surface area contributed by atoms with Crippen LogP contribution in [0.5, 0.6) is 11.5 Å². The third-order valence-corrected chi connectivity index (χ3v) is 23.6. The van der Waals surface area contributed by atoms with Crippen LogP contribution in [0.3, 0.4) is 0 Å². The topological polar surface area (TPSA) is 582 Å². The molecule has 36 nitrogen and oxygen atoms in total. The van der Waals surface area contributed by atoms with Gasteiger partial charge in [-0.1, -0.05) is 48.6 Å². The summed E-state index contributed by atoms with van der Waals surface area (Å²) in [4.78, 5) is -2.20. The lowest BCUT2D eigenvalue weighted by molar-refractivity contribution is 0.396. The molecule has 0 aliphatic heterocycles. The molecule has 0 saturated heterocycles. The largest absolute Gasteiger partial charge is 0.505 e. The van der Waals surface area contributed by atoms with Gasteiger partial charge in [-0.15, -0.1) is 30.7 Å². The standard InChI is InChI=1S/C62H54N10O26S8/c1-95-103(87,88)41-13-15-42-36(30-100(78,79)80)10-18-50(45(42)27-41)67-70-53-20-17-49(64)58-47(53)28-56(106(93,94)98-4)60(62(58)74)72-66-40-12-9-35(55(26-40)105(91,92)97-3)7-6-34-8-11-39(24-37(34)31-101(81,82)83)65-71-59-38(32-102(84,85)86)25-46-52(19-16-48(63)57(46)61(59)73)69-68-51-21-22-54(104(89,90)96-2)43-14-5-33(23-44(43)51)29-99(75,76)77/h5-28,73-74H,29-32,63-64H2,1-4H3,(H,75,76,77)(H,78,79,80)(H,81,82,83)(H,84,85,86)/b7-6+,69-68?,70-67?,71-65?,72-66?. The fourth-order valence-electron chi connectivity index (χ4n) is 10.9. The SMILES string of the molecule is COS(=O)(=O)c1ccc2c(CS(=O)(=O)O)ccc(N=Nc3ccc(N)c4c(O)c(N=Nc5ccc(/C=C/c6ccc(N=Nc7c(CS(=O)(=O)O)cc8c(N=Nc9ccc(S(=O)(=O)OC)c%10ccc(CS(=O)(=O)O)cc9%10)ccc(N)c8c7O)cc6CS(=O)(=O)O)c(S(=O)(=O)OC)c5)c(S(=O)(=O)OC)cc34)c2c1. The number of fused-ring (bicyclic) bond motifs is 4. The Morgan fingerprint density at radius 1 is 0.340 bits per heavy atom. The molecule has 0 fully saturated rings. The molecule has 10 N–H and O–H groups in total. The van der Waals surface area contributed by atoms with E-state index in [9.17, 15) is 95.8 Å². The number of nitrogens with zero attached hydrogens (tertiary/aromatic N) is 8. The molecule has 0 aliphatic carbocycles. The molecule has 44 heteroatoms. The first-order chi connectivity index (χ1) is 49.4. The molecular weight excluding hydrogens is 1560 g/mol. The van der Waals surface area contributed by atoms with E-state index in [1.165, 1.54) is 103 Å². The van der Waals surface area contributed by atoms with E-state index < -0.39 is 142 Å². The Balaban J connectivity index is 0.994. The van der Waals surface area contributed by atoms with Crippen LogP contribution in [-0.2, 0) is 121 Å². The zero-order chi connectivity index (χ0) is 77.6. The van der Waals surface area contributed by atoms with Crippen molar-refractivity contribution in [2.45, 2.75) is 42.6 Å². The number of hydrogen-bond acceptors (Lipinski definition) is 32. The number of phenols is 2. The van der Waals surface area contributed by atoms with Crippen molar-refractivity contribution in [3.8, 4) is 11.5 Å². The molecule has 0 unspecified atom stereocenters. The molecule has 0 aromatic heterocycles. The molecule has 0 spiro atoms. The number of aromatic hydroxyl groups is 2. The second-order valence-electron chi connectivity index (χ2n) is 22.5. The van der Waals surface area contributed by atoms with Gasteiger partial charge >= 0.3 is 0 Å². The molecule has 10 aromatic rings. The predicted octanol–water partition coefficient (Wildman–Crippen LogP) is 11.6. The van der Waals surface area contributed by atoms with Crippen molar-refractivity contribution in [2.75, 3.05) is 39.9 Å². The van der Waals surface area contributed by atoms with Gasteiger partial charge in [-0.3, -0.25) is 34.9 Å². The highest BCUT2D eigenvalue weighted by Crippen LogP contribution is 2.49. The Hall–Kier alpha value is -10.1. The van der Waals surface area contributed by atoms with Gasteiger partial charge < -0.3 is 21.7 Å². The molecule has 106 heavy (non-hydrogen) atoms. The Bertz CT molecular complexity index is 6520. The van der Waals surface area contributed by atoms with Gasteiger partial charge in [0.25, 0.3) is 80.9 Å². The monoisotopic (exact) mass is 1610 g/mol. The Morgan fingerprint density at radius 2 is 0.774 bits per heavy atom. The zero-order valence-corrected chi connectivity index (χ0v) is 61.1. The van der Waals surface area contributed by atoms with Crippen molar-refractivity contribution in [3.63, 3.8) is 0 Å². The summed E-state index contributed by atoms with van der Waals surface area (Å²) >= 11 is 0. The summed E-state index contributed by atoms with van der Waals surface area (Å²) in [5.41, 5.74) is 9.12. The average Bonchev–Trinajstić information content (AvgIpc) is 0.760. The number of nitrogens with two attached hydrogens (primary N) is 2. The highest BCUT2D eigenvalue weighted by Gasteiger charge is 2.29. The van der Waals surface area contributed by atoms with E-state index in [1.807, 2.05) is 0 Å². The number of phenolic OH excluding ortho intramolecular Hbond substituents is 2. The fourth-order valence-corrected chi connectivity index (χ4v) is 16.6. The Morgan fingerprint density at radius 3 is 1.33 bits per heavy atom. The number of benzene rings is 10. The summed E-state index contributed by atoms with van der Waals surface area (Å²) < 4.78 is 262. The number of azo groups is 4. The minimum Gasteiger partial charge on any atom is -0.505 e. The molecule has 0 radical (unpaired) electrons. The second-order valence-corrected chi connectivity index (χ2v) is 35.1. The predicted molar refractivity (Wildman–Crippen MR) is 384 cm³/mol. The molecule has 0 heterocycles. The van der Waals surface area contributed by atoms with Gasteiger partial charge in [0.15, 0.2) is 11.5 Å². The molecular formula is C62H54N10O26S8. The first-order valence-corrected chi connectivity index (χ1v) is 41.4. The van der Waals surface area contributed by atoms with Gasteiger partial charge in [0.05, 0.1) is 78.2 Å². The molecule has 556 valence electrons. The maximum Gasteiger partial charge on any atom is 0.299 e. The van der Waals surface area contributed by atoms with Crippen LogP contribution in [-0.4, -0.2) is 124 Å². The summed E-state index contributed by atoms with van der Waals surface area (Å²) in [6.07, 6.45) is 2.37. The van der Waals surface area contributed by atoms with E-state index in [0.717, 1.165) is 70.9 Å². The summed E-state index contributed by atoms with van der Waals surface area (Å²) in [5.74, 6) is -5.89. The van der Waals surface area contributed by atoms with E-state index in [4.69, 9.17) is 19.8 Å². The number of nitrogen functional groups attached to an aromatic ring is 2. The Labute approximate surface area is 603 Å². The number of rotatable bonds is 26. The quantitative estimate of drug-likeness (QED) is 0.00820. The minimum atomic E-state index is -4.98. The fraction of sp³-hybridized carbons (Fsp3) is 0.129. The van der Waals surface area contributed by atoms with Crippen LogP contribution in [0, 0.1) is 0 Å². The van der Waals surface area contributed by atoms with Gasteiger partial charge in [0.2, 0.25) is 0 Å². The van der Waals surface area contributed by atoms with Crippen molar-refractivity contribution in [3.05, 3.63) is 167 Å². The first kappa shape index (κ1) is 78.4. The van der Waals surface area contributed by atoms with Crippen LogP contribution in [0.2, 0.25) is 0 Å². The average molecular weight is 1610 g/mol. The molecule has 0 bridgehead atoms. The van der Waals surface area contributed by atoms with E-state index in [-0.39, 0.29) is 126 Å². The summed E-state index contributed by atoms with van der Waals surface area (Å²) in [6.45, 7) is 0. The zero-order valence-electron chi connectivity index (χ0n) is 54.5. The number of anilines is 2. The third kappa shape index (κ3) is 17.5. The van der Waals surface area contributed by atoms with Crippen LogP contribution >= 0.6 is 0 Å². The van der Waals surface area contributed by atoms with E-state index in [1.54, 1.807) is 0 Å². The van der Waals surface area contributed by atoms with E-state index in [0.29, 0.717) is 0 Å². The van der Waals surface area contributed by atoms with E-state index in [2.05, 4.69) is 49.3 Å². The van der Waals surface area contributed by atoms with Gasteiger partial charge in [0, 0.05) is 43.9 Å². The van der Waals surface area contributed by atoms with Crippen molar-refractivity contribution < 1.29 is 112 Å². The highest BCUT2D eigenvalue weighted by molar-refractivity contribution is 7.88. The van der Waals surface area contributed by atoms with Crippen molar-refractivity contribution in [1.29, 1.82) is 0 Å². The van der Waals surface area contributed by atoms with Crippen molar-refractivity contribution in [1.82, 2.24) is 0 Å². The lowest BCUT2D eigenvalue weighted by atomic mass is 10.0.